The van der Waals surface area contributed by atoms with Gasteiger partial charge in [0.15, 0.2) is 0 Å². The van der Waals surface area contributed by atoms with E-state index < -0.39 is 17.4 Å². The molecule has 1 aromatic carbocycles. The van der Waals surface area contributed by atoms with Crippen LogP contribution in [0.4, 0.5) is 4.39 Å². The molecule has 0 fully saturated rings. The van der Waals surface area contributed by atoms with Crippen molar-refractivity contribution in [1.82, 2.24) is 0 Å². The van der Waals surface area contributed by atoms with Gasteiger partial charge in [-0.1, -0.05) is 22.0 Å². The van der Waals surface area contributed by atoms with Gasteiger partial charge in [0, 0.05) is 5.33 Å². The van der Waals surface area contributed by atoms with E-state index in [-0.39, 0.29) is 5.56 Å². The van der Waals surface area contributed by atoms with Crippen LogP contribution < -0.4 is 0 Å². The minimum absolute atomic E-state index is 0.0214. The SMILES string of the molecule is CC(C)(C)OC(=O)c1cc(CBr)ccc1F. The molecule has 0 saturated heterocycles. The first kappa shape index (κ1) is 13.2. The van der Waals surface area contributed by atoms with Gasteiger partial charge in [0.05, 0.1) is 5.56 Å². The molecule has 1 aromatic rings. The van der Waals surface area contributed by atoms with Crippen molar-refractivity contribution in [1.29, 1.82) is 0 Å². The lowest BCUT2D eigenvalue weighted by Gasteiger charge is -2.19. The quantitative estimate of drug-likeness (QED) is 0.613. The van der Waals surface area contributed by atoms with Crippen molar-refractivity contribution in [3.63, 3.8) is 0 Å². The zero-order chi connectivity index (χ0) is 12.3. The number of hydrogen-bond acceptors (Lipinski definition) is 2. The number of rotatable bonds is 2. The van der Waals surface area contributed by atoms with Gasteiger partial charge in [-0.15, -0.1) is 0 Å². The molecule has 0 aromatic heterocycles. The summed E-state index contributed by atoms with van der Waals surface area (Å²) < 4.78 is 18.5. The first-order chi connectivity index (χ1) is 7.33. The molecular formula is C12H14BrFO2. The second-order valence-corrected chi connectivity index (χ2v) is 5.01. The molecule has 0 atom stereocenters. The number of hydrogen-bond donors (Lipinski definition) is 0. The summed E-state index contributed by atoms with van der Waals surface area (Å²) >= 11 is 3.25. The Balaban J connectivity index is 2.98. The van der Waals surface area contributed by atoms with E-state index in [4.69, 9.17) is 4.74 Å². The highest BCUT2D eigenvalue weighted by atomic mass is 79.9. The molecule has 2 nitrogen and oxygen atoms in total. The Hall–Kier alpha value is -0.900. The van der Waals surface area contributed by atoms with Gasteiger partial charge in [0.25, 0.3) is 0 Å². The van der Waals surface area contributed by atoms with Crippen LogP contribution in [-0.2, 0) is 10.1 Å². The molecule has 0 N–H and O–H groups in total. The van der Waals surface area contributed by atoms with Crippen LogP contribution in [0.15, 0.2) is 18.2 Å². The summed E-state index contributed by atoms with van der Waals surface area (Å²) in [5.41, 5.74) is 0.197. The topological polar surface area (TPSA) is 26.3 Å². The Labute approximate surface area is 103 Å². The predicted octanol–water partition coefficient (Wildman–Crippen LogP) is 3.68. The van der Waals surface area contributed by atoms with Gasteiger partial charge in [-0.3, -0.25) is 0 Å². The number of esters is 1. The molecule has 0 radical (unpaired) electrons. The van der Waals surface area contributed by atoms with Crippen LogP contribution in [0.2, 0.25) is 0 Å². The Morgan fingerprint density at radius 1 is 1.44 bits per heavy atom. The number of alkyl halides is 1. The molecule has 88 valence electrons. The molecule has 0 aliphatic heterocycles. The molecule has 0 aliphatic rings. The first-order valence-electron chi connectivity index (χ1n) is 4.91. The smallest absolute Gasteiger partial charge is 0.341 e. The molecule has 0 spiro atoms. The summed E-state index contributed by atoms with van der Waals surface area (Å²) in [4.78, 5) is 11.7. The Morgan fingerprint density at radius 3 is 2.56 bits per heavy atom. The molecule has 1 rings (SSSR count). The van der Waals surface area contributed by atoms with Crippen LogP contribution in [0.25, 0.3) is 0 Å². The fourth-order valence-corrected chi connectivity index (χ4v) is 1.49. The zero-order valence-electron chi connectivity index (χ0n) is 9.51. The average molecular weight is 289 g/mol. The third kappa shape index (κ3) is 3.59. The van der Waals surface area contributed by atoms with Crippen LogP contribution in [0, 0.1) is 5.82 Å². The Bertz CT molecular complexity index is 396. The lowest BCUT2D eigenvalue weighted by molar-refractivity contribution is 0.00646. The third-order valence-electron chi connectivity index (χ3n) is 1.80. The van der Waals surface area contributed by atoms with Crippen LogP contribution >= 0.6 is 15.9 Å². The van der Waals surface area contributed by atoms with Crippen LogP contribution in [0.5, 0.6) is 0 Å². The summed E-state index contributed by atoms with van der Waals surface area (Å²) in [5.74, 6) is -1.19. The van der Waals surface area contributed by atoms with Crippen LogP contribution in [0.1, 0.15) is 36.7 Å². The lowest BCUT2D eigenvalue weighted by atomic mass is 10.1. The second-order valence-electron chi connectivity index (χ2n) is 4.45. The molecular weight excluding hydrogens is 275 g/mol. The van der Waals surface area contributed by atoms with E-state index in [0.717, 1.165) is 5.56 Å². The molecule has 4 heteroatoms. The summed E-state index contributed by atoms with van der Waals surface area (Å²) in [6, 6.07) is 4.39. The van der Waals surface area contributed by atoms with Gasteiger partial charge in [-0.05, 0) is 38.5 Å². The molecule has 0 unspecified atom stereocenters. The van der Waals surface area contributed by atoms with Crippen molar-refractivity contribution in [3.05, 3.63) is 35.1 Å². The van der Waals surface area contributed by atoms with E-state index in [9.17, 15) is 9.18 Å². The highest BCUT2D eigenvalue weighted by molar-refractivity contribution is 9.08. The fraction of sp³-hybridized carbons (Fsp3) is 0.417. The molecule has 0 heterocycles. The molecule has 16 heavy (non-hydrogen) atoms. The normalized spacial score (nSPS) is 11.3. The van der Waals surface area contributed by atoms with E-state index in [0.29, 0.717) is 5.33 Å². The first-order valence-corrected chi connectivity index (χ1v) is 6.03. The van der Waals surface area contributed by atoms with Crippen molar-refractivity contribution in [3.8, 4) is 0 Å². The molecule has 0 bridgehead atoms. The highest BCUT2D eigenvalue weighted by Crippen LogP contribution is 2.17. The minimum atomic E-state index is -0.632. The standard InChI is InChI=1S/C12H14BrFO2/c1-12(2,3)16-11(15)9-6-8(7-13)4-5-10(9)14/h4-6H,7H2,1-3H3. The maximum absolute atomic E-state index is 13.4. The van der Waals surface area contributed by atoms with Crippen molar-refractivity contribution < 1.29 is 13.9 Å². The second kappa shape index (κ2) is 4.95. The van der Waals surface area contributed by atoms with E-state index in [2.05, 4.69) is 15.9 Å². The third-order valence-corrected chi connectivity index (χ3v) is 2.45. The summed E-state index contributed by atoms with van der Waals surface area (Å²) in [5, 5.41) is 0.572. The average Bonchev–Trinajstić information content (AvgIpc) is 2.15. The number of halogens is 2. The summed E-state index contributed by atoms with van der Waals surface area (Å²) in [7, 11) is 0. The monoisotopic (exact) mass is 288 g/mol. The number of benzene rings is 1. The van der Waals surface area contributed by atoms with Gasteiger partial charge in [0.2, 0.25) is 0 Å². The summed E-state index contributed by atoms with van der Waals surface area (Å²) in [6.07, 6.45) is 0. The van der Waals surface area contributed by atoms with Crippen molar-refractivity contribution in [2.75, 3.05) is 0 Å². The fourth-order valence-electron chi connectivity index (χ4n) is 1.15. The minimum Gasteiger partial charge on any atom is -0.456 e. The van der Waals surface area contributed by atoms with E-state index >= 15 is 0 Å². The van der Waals surface area contributed by atoms with Gasteiger partial charge < -0.3 is 4.74 Å². The highest BCUT2D eigenvalue weighted by Gasteiger charge is 2.20. The van der Waals surface area contributed by atoms with E-state index in [1.54, 1.807) is 26.8 Å². The largest absolute Gasteiger partial charge is 0.456 e. The van der Waals surface area contributed by atoms with Gasteiger partial charge in [-0.25, -0.2) is 9.18 Å². The van der Waals surface area contributed by atoms with Crippen molar-refractivity contribution in [2.24, 2.45) is 0 Å². The van der Waals surface area contributed by atoms with Crippen molar-refractivity contribution >= 4 is 21.9 Å². The molecule has 0 saturated carbocycles. The Morgan fingerprint density at radius 2 is 2.06 bits per heavy atom. The van der Waals surface area contributed by atoms with Gasteiger partial charge in [-0.2, -0.15) is 0 Å². The maximum atomic E-state index is 13.4. The number of carbonyl (C=O) groups excluding carboxylic acids is 1. The summed E-state index contributed by atoms with van der Waals surface area (Å²) in [6.45, 7) is 5.24. The molecule has 0 amide bonds. The zero-order valence-corrected chi connectivity index (χ0v) is 11.1. The predicted molar refractivity (Wildman–Crippen MR) is 64.2 cm³/mol. The van der Waals surface area contributed by atoms with Crippen LogP contribution in [-0.4, -0.2) is 11.6 Å². The van der Waals surface area contributed by atoms with Gasteiger partial charge >= 0.3 is 5.97 Å². The van der Waals surface area contributed by atoms with Crippen molar-refractivity contribution in [2.45, 2.75) is 31.7 Å². The van der Waals surface area contributed by atoms with E-state index in [1.165, 1.54) is 12.1 Å². The van der Waals surface area contributed by atoms with Crippen LogP contribution in [0.3, 0.4) is 0 Å². The lowest BCUT2D eigenvalue weighted by Crippen LogP contribution is -2.24. The number of carbonyl (C=O) groups is 1. The van der Waals surface area contributed by atoms with Gasteiger partial charge in [0.1, 0.15) is 11.4 Å². The Kier molecular flexibility index (Phi) is 4.08. The number of ether oxygens (including phenoxy) is 1. The maximum Gasteiger partial charge on any atom is 0.341 e. The van der Waals surface area contributed by atoms with E-state index in [1.807, 2.05) is 0 Å². The molecule has 0 aliphatic carbocycles.